The van der Waals surface area contributed by atoms with Crippen molar-refractivity contribution in [2.24, 2.45) is 17.8 Å². The first kappa shape index (κ1) is 22.4. The number of carboxylic acids is 1. The quantitative estimate of drug-likeness (QED) is 0.273. The minimum atomic E-state index is -4.81. The summed E-state index contributed by atoms with van der Waals surface area (Å²) in [4.78, 5) is 52.8. The van der Waals surface area contributed by atoms with E-state index in [0.29, 0.717) is 12.8 Å². The molecule has 1 aliphatic rings. The van der Waals surface area contributed by atoms with Gasteiger partial charge in [0.05, 0.1) is 12.5 Å². The number of hydrogen-bond donors (Lipinski definition) is 3. The van der Waals surface area contributed by atoms with Crippen LogP contribution in [0.1, 0.15) is 26.7 Å². The second-order valence-corrected chi connectivity index (χ2v) is 7.63. The lowest BCUT2D eigenvalue weighted by molar-refractivity contribution is -0.156. The van der Waals surface area contributed by atoms with Gasteiger partial charge in [-0.25, -0.2) is 13.9 Å². The van der Waals surface area contributed by atoms with Crippen LogP contribution in [-0.2, 0) is 28.2 Å². The van der Waals surface area contributed by atoms with Crippen LogP contribution >= 0.6 is 7.82 Å². The van der Waals surface area contributed by atoms with Crippen LogP contribution in [0, 0.1) is 17.8 Å². The molecule has 12 heteroatoms. The Kier molecular flexibility index (Phi) is 8.48. The van der Waals surface area contributed by atoms with E-state index in [4.69, 9.17) is 19.6 Å². The number of ether oxygens (including phenoxy) is 2. The van der Waals surface area contributed by atoms with Crippen molar-refractivity contribution in [3.05, 3.63) is 0 Å². The Morgan fingerprint density at radius 3 is 2.31 bits per heavy atom. The number of nitrogens with zero attached hydrogens (tertiary/aromatic N) is 1. The van der Waals surface area contributed by atoms with Gasteiger partial charge in [0.15, 0.2) is 0 Å². The van der Waals surface area contributed by atoms with Crippen molar-refractivity contribution >= 4 is 25.9 Å². The molecule has 0 aromatic heterocycles. The van der Waals surface area contributed by atoms with E-state index >= 15 is 0 Å². The van der Waals surface area contributed by atoms with Crippen LogP contribution in [0.25, 0.3) is 0 Å². The second kappa shape index (κ2) is 9.86. The summed E-state index contributed by atoms with van der Waals surface area (Å²) in [5, 5.41) is 8.91. The van der Waals surface area contributed by atoms with Crippen LogP contribution in [0.2, 0.25) is 0 Å². The van der Waals surface area contributed by atoms with Gasteiger partial charge in [0.25, 0.3) is 0 Å². The molecular formula is C14H24NO10P. The molecule has 1 saturated carbocycles. The number of phosphoric acid groups is 1. The van der Waals surface area contributed by atoms with Crippen LogP contribution in [0.3, 0.4) is 0 Å². The van der Waals surface area contributed by atoms with Crippen molar-refractivity contribution in [3.8, 4) is 0 Å². The molecule has 26 heavy (non-hydrogen) atoms. The summed E-state index contributed by atoms with van der Waals surface area (Å²) < 4.78 is 24.2. The lowest BCUT2D eigenvalue weighted by atomic mass is 9.73. The van der Waals surface area contributed by atoms with E-state index in [0.717, 1.165) is 4.90 Å². The van der Waals surface area contributed by atoms with Crippen LogP contribution in [0.4, 0.5) is 4.79 Å². The molecular weight excluding hydrogens is 373 g/mol. The average molecular weight is 397 g/mol. The SMILES string of the molecule is CC(C)COC(=O)[C@@H]1CC[C@@H]1CN(CC(=O)O)C(=O)OCOP(=O)(O)O. The lowest BCUT2D eigenvalue weighted by Gasteiger charge is -2.37. The third-order valence-electron chi connectivity index (χ3n) is 3.72. The zero-order chi connectivity index (χ0) is 19.9. The molecule has 2 atom stereocenters. The smallest absolute Gasteiger partial charge is 0.472 e. The number of rotatable bonds is 10. The number of phosphoric ester groups is 1. The van der Waals surface area contributed by atoms with Gasteiger partial charge in [0.1, 0.15) is 6.54 Å². The second-order valence-electron chi connectivity index (χ2n) is 6.39. The van der Waals surface area contributed by atoms with E-state index in [9.17, 15) is 18.9 Å². The van der Waals surface area contributed by atoms with Gasteiger partial charge in [0.2, 0.25) is 6.79 Å². The standard InChI is InChI=1S/C14H24NO10P/c1-9(2)7-23-13(18)11-4-3-10(11)5-15(6-12(16)17)14(19)24-8-25-26(20,21)22/h9-11H,3-8H2,1-2H3,(H,16,17)(H2,20,21,22)/t10-,11-/m1/s1. The van der Waals surface area contributed by atoms with Crippen LogP contribution in [-0.4, -0.2) is 64.3 Å². The highest BCUT2D eigenvalue weighted by molar-refractivity contribution is 7.46. The van der Waals surface area contributed by atoms with E-state index in [1.807, 2.05) is 13.8 Å². The van der Waals surface area contributed by atoms with Gasteiger partial charge in [-0.15, -0.1) is 0 Å². The molecule has 0 saturated heterocycles. The number of amides is 1. The van der Waals surface area contributed by atoms with Gasteiger partial charge >= 0.3 is 25.9 Å². The molecule has 0 aromatic carbocycles. The minimum Gasteiger partial charge on any atom is -0.480 e. The maximum absolute atomic E-state index is 12.0. The van der Waals surface area contributed by atoms with E-state index in [1.54, 1.807) is 0 Å². The highest BCUT2D eigenvalue weighted by Gasteiger charge is 2.40. The van der Waals surface area contributed by atoms with Crippen molar-refractivity contribution in [3.63, 3.8) is 0 Å². The first-order chi connectivity index (χ1) is 12.0. The molecule has 0 radical (unpaired) electrons. The van der Waals surface area contributed by atoms with Crippen LogP contribution in [0.5, 0.6) is 0 Å². The monoisotopic (exact) mass is 397 g/mol. The highest BCUT2D eigenvalue weighted by Crippen LogP contribution is 2.37. The number of carbonyl (C=O) groups excluding carboxylic acids is 2. The number of hydrogen-bond acceptors (Lipinski definition) is 7. The number of carboxylic acid groups (broad SMARTS) is 1. The summed E-state index contributed by atoms with van der Waals surface area (Å²) >= 11 is 0. The van der Waals surface area contributed by atoms with Gasteiger partial charge in [-0.3, -0.25) is 14.5 Å². The maximum atomic E-state index is 12.0. The molecule has 1 rings (SSSR count). The third-order valence-corrected chi connectivity index (χ3v) is 4.16. The molecule has 1 amide bonds. The third kappa shape index (κ3) is 8.13. The molecule has 11 nitrogen and oxygen atoms in total. The van der Waals surface area contributed by atoms with E-state index in [2.05, 4.69) is 9.26 Å². The molecule has 0 aliphatic heterocycles. The Hall–Kier alpha value is -1.68. The largest absolute Gasteiger partial charge is 0.480 e. The summed E-state index contributed by atoms with van der Waals surface area (Å²) in [6, 6.07) is 0. The molecule has 0 unspecified atom stereocenters. The summed E-state index contributed by atoms with van der Waals surface area (Å²) in [5.74, 6) is -2.20. The summed E-state index contributed by atoms with van der Waals surface area (Å²) in [7, 11) is -4.81. The fraction of sp³-hybridized carbons (Fsp3) is 0.786. The highest BCUT2D eigenvalue weighted by atomic mass is 31.2. The maximum Gasteiger partial charge on any atom is 0.472 e. The Morgan fingerprint density at radius 2 is 1.85 bits per heavy atom. The zero-order valence-corrected chi connectivity index (χ0v) is 15.5. The first-order valence-electron chi connectivity index (χ1n) is 7.99. The van der Waals surface area contributed by atoms with E-state index in [-0.39, 0.29) is 31.0 Å². The molecule has 1 aliphatic carbocycles. The predicted octanol–water partition coefficient (Wildman–Crippen LogP) is 0.802. The van der Waals surface area contributed by atoms with Crippen molar-refractivity contribution in [2.75, 3.05) is 26.5 Å². The normalized spacial score (nSPS) is 19.6. The first-order valence-corrected chi connectivity index (χ1v) is 9.53. The van der Waals surface area contributed by atoms with Crippen molar-refractivity contribution in [1.82, 2.24) is 4.90 Å². The Balaban J connectivity index is 2.58. The molecule has 0 aromatic rings. The number of aliphatic carboxylic acids is 1. The Bertz CT molecular complexity index is 560. The van der Waals surface area contributed by atoms with Crippen molar-refractivity contribution in [2.45, 2.75) is 26.7 Å². The fourth-order valence-corrected chi connectivity index (χ4v) is 2.53. The number of carbonyl (C=O) groups is 3. The molecule has 0 bridgehead atoms. The molecule has 3 N–H and O–H groups in total. The molecule has 150 valence electrons. The zero-order valence-electron chi connectivity index (χ0n) is 14.6. The van der Waals surface area contributed by atoms with Crippen molar-refractivity contribution < 1.29 is 47.8 Å². The molecule has 0 heterocycles. The summed E-state index contributed by atoms with van der Waals surface area (Å²) in [6.45, 7) is 2.32. The minimum absolute atomic E-state index is 0.0531. The molecule has 1 fully saturated rings. The predicted molar refractivity (Wildman–Crippen MR) is 85.7 cm³/mol. The van der Waals surface area contributed by atoms with Gasteiger partial charge in [-0.2, -0.15) is 0 Å². The van der Waals surface area contributed by atoms with E-state index in [1.165, 1.54) is 0 Å². The fourth-order valence-electron chi connectivity index (χ4n) is 2.34. The van der Waals surface area contributed by atoms with Crippen LogP contribution in [0.15, 0.2) is 0 Å². The lowest BCUT2D eigenvalue weighted by Crippen LogP contribution is -2.46. The average Bonchev–Trinajstić information content (AvgIpc) is 2.46. The Labute approximate surface area is 150 Å². The summed E-state index contributed by atoms with van der Waals surface area (Å²) in [6.07, 6.45) is 0.0879. The van der Waals surface area contributed by atoms with Gasteiger partial charge in [-0.05, 0) is 24.7 Å². The van der Waals surface area contributed by atoms with Gasteiger partial charge < -0.3 is 24.4 Å². The topological polar surface area (TPSA) is 160 Å². The van der Waals surface area contributed by atoms with E-state index < -0.39 is 39.1 Å². The summed E-state index contributed by atoms with van der Waals surface area (Å²) in [5.41, 5.74) is 0. The van der Waals surface area contributed by atoms with Crippen LogP contribution < -0.4 is 0 Å². The van der Waals surface area contributed by atoms with Gasteiger partial charge in [-0.1, -0.05) is 13.8 Å². The molecule has 0 spiro atoms. The van der Waals surface area contributed by atoms with Gasteiger partial charge in [0, 0.05) is 6.54 Å². The van der Waals surface area contributed by atoms with Crippen molar-refractivity contribution in [1.29, 1.82) is 0 Å². The number of esters is 1. The Morgan fingerprint density at radius 1 is 1.19 bits per heavy atom.